The van der Waals surface area contributed by atoms with Crippen LogP contribution in [0.3, 0.4) is 0 Å². The topological polar surface area (TPSA) is 0 Å². The molecular weight excluding hydrogens is 228 g/mol. The Morgan fingerprint density at radius 2 is 2.00 bits per heavy atom. The second-order valence-corrected chi connectivity index (χ2v) is 4.33. The van der Waals surface area contributed by atoms with E-state index < -0.39 is 0 Å². The Balaban J connectivity index is 0.000000316. The minimum atomic E-state index is 0.769. The van der Waals surface area contributed by atoms with E-state index in [0.29, 0.717) is 0 Å². The monoisotopic (exact) mass is 256 g/mol. The normalized spacial score (nSPS) is 15.7. The molecule has 19 heavy (non-hydrogen) atoms. The Morgan fingerprint density at radius 1 is 1.26 bits per heavy atom. The molecule has 0 aliphatic heterocycles. The van der Waals surface area contributed by atoms with Crippen molar-refractivity contribution in [2.45, 2.75) is 40.5 Å². The molecule has 0 aromatic heterocycles. The van der Waals surface area contributed by atoms with Gasteiger partial charge in [-0.15, -0.1) is 0 Å². The lowest BCUT2D eigenvalue weighted by Crippen LogP contribution is -1.87. The van der Waals surface area contributed by atoms with Gasteiger partial charge in [-0.2, -0.15) is 0 Å². The molecule has 1 aromatic carbocycles. The second-order valence-electron chi connectivity index (χ2n) is 4.33. The summed E-state index contributed by atoms with van der Waals surface area (Å²) < 4.78 is 0. The molecule has 0 nitrogen and oxygen atoms in total. The van der Waals surface area contributed by atoms with Crippen molar-refractivity contribution in [3.8, 4) is 0 Å². The van der Waals surface area contributed by atoms with Crippen molar-refractivity contribution in [3.63, 3.8) is 0 Å². The van der Waals surface area contributed by atoms with Gasteiger partial charge in [0.2, 0.25) is 0 Å². The highest BCUT2D eigenvalue weighted by atomic mass is 14.0. The standard InChI is InChI=1S/C10H12.C7H10.C2H6/c1-3-9-6-5-7-10(4-2)8-9;1-7-5-3-2-4-6-7;1-2/h3,5-8H,1,4H2,2H3;2-5,7H,6H2,1H3;1-2H3. The summed E-state index contributed by atoms with van der Waals surface area (Å²) in [6, 6.07) is 8.42. The van der Waals surface area contributed by atoms with Crippen molar-refractivity contribution in [2.24, 2.45) is 5.92 Å². The van der Waals surface area contributed by atoms with E-state index in [-0.39, 0.29) is 0 Å². The van der Waals surface area contributed by atoms with Crippen LogP contribution >= 0.6 is 0 Å². The Hall–Kier alpha value is -1.56. The summed E-state index contributed by atoms with van der Waals surface area (Å²) in [5.41, 5.74) is 2.58. The number of allylic oxidation sites excluding steroid dienone is 4. The van der Waals surface area contributed by atoms with Gasteiger partial charge in [-0.05, 0) is 29.9 Å². The summed E-state index contributed by atoms with van der Waals surface area (Å²) >= 11 is 0. The van der Waals surface area contributed by atoms with Crippen LogP contribution in [-0.4, -0.2) is 0 Å². The molecule has 104 valence electrons. The molecule has 0 saturated carbocycles. The maximum absolute atomic E-state index is 3.71. The summed E-state index contributed by atoms with van der Waals surface area (Å²) in [7, 11) is 0. The summed E-state index contributed by atoms with van der Waals surface area (Å²) in [5, 5.41) is 0. The summed E-state index contributed by atoms with van der Waals surface area (Å²) in [4.78, 5) is 0. The van der Waals surface area contributed by atoms with Gasteiger partial charge in [-0.25, -0.2) is 0 Å². The Labute approximate surface area is 119 Å². The van der Waals surface area contributed by atoms with Gasteiger partial charge in [0.1, 0.15) is 0 Å². The van der Waals surface area contributed by atoms with Crippen LogP contribution in [0, 0.1) is 5.92 Å². The average Bonchev–Trinajstić information content (AvgIpc) is 2.50. The average molecular weight is 256 g/mol. The van der Waals surface area contributed by atoms with Gasteiger partial charge in [-0.1, -0.05) is 88.9 Å². The van der Waals surface area contributed by atoms with Crippen LogP contribution < -0.4 is 0 Å². The first-order valence-electron chi connectivity index (χ1n) is 7.31. The van der Waals surface area contributed by atoms with Gasteiger partial charge >= 0.3 is 0 Å². The highest BCUT2D eigenvalue weighted by molar-refractivity contribution is 5.47. The maximum Gasteiger partial charge on any atom is -0.0224 e. The van der Waals surface area contributed by atoms with Crippen molar-refractivity contribution in [1.29, 1.82) is 0 Å². The minimum absolute atomic E-state index is 0.769. The molecule has 0 heterocycles. The van der Waals surface area contributed by atoms with E-state index in [0.717, 1.165) is 12.3 Å². The molecule has 2 rings (SSSR count). The molecule has 0 N–H and O–H groups in total. The van der Waals surface area contributed by atoms with Gasteiger partial charge in [0, 0.05) is 0 Å². The molecule has 0 spiro atoms. The van der Waals surface area contributed by atoms with Gasteiger partial charge < -0.3 is 0 Å². The summed E-state index contributed by atoms with van der Waals surface area (Å²) in [6.07, 6.45) is 12.8. The first-order chi connectivity index (χ1) is 9.26. The van der Waals surface area contributed by atoms with E-state index in [2.05, 4.69) is 69.0 Å². The third-order valence-corrected chi connectivity index (χ3v) is 2.79. The van der Waals surface area contributed by atoms with E-state index >= 15 is 0 Å². The predicted molar refractivity (Wildman–Crippen MR) is 89.3 cm³/mol. The fraction of sp³-hybridized carbons (Fsp3) is 0.368. The zero-order valence-corrected chi connectivity index (χ0v) is 12.9. The zero-order chi connectivity index (χ0) is 14.5. The smallest absolute Gasteiger partial charge is 0.0224 e. The maximum atomic E-state index is 3.71. The number of rotatable bonds is 2. The highest BCUT2D eigenvalue weighted by Gasteiger charge is 1.93. The van der Waals surface area contributed by atoms with E-state index in [1.807, 2.05) is 19.9 Å². The van der Waals surface area contributed by atoms with Crippen molar-refractivity contribution in [2.75, 3.05) is 0 Å². The number of benzene rings is 1. The summed E-state index contributed by atoms with van der Waals surface area (Å²) in [5.74, 6) is 0.769. The Morgan fingerprint density at radius 3 is 2.42 bits per heavy atom. The third-order valence-electron chi connectivity index (χ3n) is 2.79. The minimum Gasteiger partial charge on any atom is -0.0985 e. The number of hydrogen-bond acceptors (Lipinski definition) is 0. The van der Waals surface area contributed by atoms with Crippen LogP contribution in [0.1, 0.15) is 45.2 Å². The number of aryl methyl sites for hydroxylation is 1. The first-order valence-corrected chi connectivity index (χ1v) is 7.31. The van der Waals surface area contributed by atoms with Gasteiger partial charge in [0.05, 0.1) is 0 Å². The largest absolute Gasteiger partial charge is 0.0985 e. The van der Waals surface area contributed by atoms with E-state index in [1.165, 1.54) is 17.5 Å². The van der Waals surface area contributed by atoms with Crippen molar-refractivity contribution in [1.82, 2.24) is 0 Å². The third kappa shape index (κ3) is 8.20. The molecule has 0 heteroatoms. The van der Waals surface area contributed by atoms with Crippen LogP contribution in [0.15, 0.2) is 55.1 Å². The lowest BCUT2D eigenvalue weighted by atomic mass is 10.0. The van der Waals surface area contributed by atoms with Crippen molar-refractivity contribution < 1.29 is 0 Å². The molecule has 1 aliphatic carbocycles. The first kappa shape index (κ1) is 17.4. The fourth-order valence-corrected chi connectivity index (χ4v) is 1.64. The van der Waals surface area contributed by atoms with Crippen LogP contribution in [0.4, 0.5) is 0 Å². The molecule has 1 aromatic rings. The lowest BCUT2D eigenvalue weighted by molar-refractivity contribution is 0.737. The fourth-order valence-electron chi connectivity index (χ4n) is 1.64. The van der Waals surface area contributed by atoms with Gasteiger partial charge in [-0.3, -0.25) is 0 Å². The van der Waals surface area contributed by atoms with Crippen LogP contribution in [0.5, 0.6) is 0 Å². The molecular formula is C19H28. The number of hydrogen-bond donors (Lipinski definition) is 0. The van der Waals surface area contributed by atoms with Crippen molar-refractivity contribution in [3.05, 3.63) is 66.3 Å². The molecule has 0 amide bonds. The molecule has 1 aliphatic rings. The lowest BCUT2D eigenvalue weighted by Gasteiger charge is -2.02. The molecule has 0 radical (unpaired) electrons. The second kappa shape index (κ2) is 11.5. The summed E-state index contributed by atoms with van der Waals surface area (Å²) in [6.45, 7) is 12.1. The van der Waals surface area contributed by atoms with Crippen molar-refractivity contribution >= 4 is 6.08 Å². The SMILES string of the molecule is C=Cc1cccc(CC)c1.CC.CC1C=CC=CC1. The highest BCUT2D eigenvalue weighted by Crippen LogP contribution is 2.08. The Kier molecular flexibility index (Phi) is 10.6. The van der Waals surface area contributed by atoms with E-state index in [9.17, 15) is 0 Å². The van der Waals surface area contributed by atoms with Crippen LogP contribution in [0.25, 0.3) is 6.08 Å². The zero-order valence-electron chi connectivity index (χ0n) is 12.9. The van der Waals surface area contributed by atoms with Gasteiger partial charge in [0.25, 0.3) is 0 Å². The molecule has 0 saturated heterocycles. The van der Waals surface area contributed by atoms with E-state index in [4.69, 9.17) is 0 Å². The quantitative estimate of drug-likeness (QED) is 0.603. The predicted octanol–water partition coefficient (Wildman–Crippen LogP) is 6.06. The molecule has 1 unspecified atom stereocenters. The van der Waals surface area contributed by atoms with E-state index in [1.54, 1.807) is 0 Å². The van der Waals surface area contributed by atoms with Crippen LogP contribution in [-0.2, 0) is 6.42 Å². The molecule has 1 atom stereocenters. The van der Waals surface area contributed by atoms with Crippen LogP contribution in [0.2, 0.25) is 0 Å². The Bertz CT molecular complexity index is 396. The molecule has 0 bridgehead atoms. The van der Waals surface area contributed by atoms with Gasteiger partial charge in [0.15, 0.2) is 0 Å². The molecule has 0 fully saturated rings.